The highest BCUT2D eigenvalue weighted by Crippen LogP contribution is 2.25. The molecule has 110 valence electrons. The SMILES string of the molecule is Cc1cnc([C@@H]2CCN(C(=O)Cc3cccc(F)c3)C2)[nH]1. The van der Waals surface area contributed by atoms with Crippen molar-refractivity contribution in [3.63, 3.8) is 0 Å². The van der Waals surface area contributed by atoms with Crippen LogP contribution in [0.4, 0.5) is 4.39 Å². The molecule has 0 bridgehead atoms. The Hall–Kier alpha value is -2.17. The van der Waals surface area contributed by atoms with E-state index in [1.165, 1.54) is 12.1 Å². The Morgan fingerprint density at radius 1 is 1.52 bits per heavy atom. The van der Waals surface area contributed by atoms with Gasteiger partial charge in [-0.3, -0.25) is 4.79 Å². The van der Waals surface area contributed by atoms with Crippen molar-refractivity contribution in [3.05, 3.63) is 53.4 Å². The van der Waals surface area contributed by atoms with Gasteiger partial charge >= 0.3 is 0 Å². The predicted octanol–water partition coefficient (Wildman–Crippen LogP) is 2.42. The maximum Gasteiger partial charge on any atom is 0.227 e. The van der Waals surface area contributed by atoms with Crippen LogP contribution in [0.15, 0.2) is 30.5 Å². The van der Waals surface area contributed by atoms with E-state index in [4.69, 9.17) is 0 Å². The van der Waals surface area contributed by atoms with Crippen LogP contribution in [-0.2, 0) is 11.2 Å². The number of halogens is 1. The summed E-state index contributed by atoms with van der Waals surface area (Å²) in [4.78, 5) is 21.7. The number of likely N-dealkylation sites (tertiary alicyclic amines) is 1. The van der Waals surface area contributed by atoms with Crippen molar-refractivity contribution in [2.24, 2.45) is 0 Å². The number of carbonyl (C=O) groups is 1. The summed E-state index contributed by atoms with van der Waals surface area (Å²) in [5.74, 6) is 0.973. The van der Waals surface area contributed by atoms with E-state index in [9.17, 15) is 9.18 Å². The van der Waals surface area contributed by atoms with Crippen LogP contribution in [0.2, 0.25) is 0 Å². The van der Waals surface area contributed by atoms with Gasteiger partial charge < -0.3 is 9.88 Å². The molecule has 1 aromatic heterocycles. The largest absolute Gasteiger partial charge is 0.346 e. The average Bonchev–Trinajstić information content (AvgIpc) is 3.07. The molecule has 0 spiro atoms. The number of nitrogens with zero attached hydrogens (tertiary/aromatic N) is 2. The second-order valence-electron chi connectivity index (χ2n) is 5.58. The first-order chi connectivity index (χ1) is 10.1. The smallest absolute Gasteiger partial charge is 0.227 e. The van der Waals surface area contributed by atoms with Crippen LogP contribution >= 0.6 is 0 Å². The highest BCUT2D eigenvalue weighted by Gasteiger charge is 2.28. The van der Waals surface area contributed by atoms with Crippen LogP contribution in [0.25, 0.3) is 0 Å². The second kappa shape index (κ2) is 5.68. The summed E-state index contributed by atoms with van der Waals surface area (Å²) in [5.41, 5.74) is 1.76. The fourth-order valence-electron chi connectivity index (χ4n) is 2.78. The Morgan fingerprint density at radius 3 is 3.10 bits per heavy atom. The molecule has 1 fully saturated rings. The van der Waals surface area contributed by atoms with Crippen molar-refractivity contribution in [2.45, 2.75) is 25.7 Å². The zero-order valence-corrected chi connectivity index (χ0v) is 12.0. The Kier molecular flexibility index (Phi) is 3.73. The number of rotatable bonds is 3. The van der Waals surface area contributed by atoms with Crippen LogP contribution in [0.3, 0.4) is 0 Å². The third kappa shape index (κ3) is 3.12. The molecule has 1 atom stereocenters. The Balaban J connectivity index is 1.62. The molecule has 1 N–H and O–H groups in total. The normalized spacial score (nSPS) is 18.2. The predicted molar refractivity (Wildman–Crippen MR) is 77.4 cm³/mol. The Bertz CT molecular complexity index is 652. The van der Waals surface area contributed by atoms with Gasteiger partial charge in [0.1, 0.15) is 11.6 Å². The number of benzene rings is 1. The van der Waals surface area contributed by atoms with Crippen LogP contribution < -0.4 is 0 Å². The van der Waals surface area contributed by atoms with Crippen molar-refractivity contribution in [1.82, 2.24) is 14.9 Å². The Labute approximate surface area is 123 Å². The summed E-state index contributed by atoms with van der Waals surface area (Å²) >= 11 is 0. The van der Waals surface area contributed by atoms with Gasteiger partial charge in [0.25, 0.3) is 0 Å². The van der Waals surface area contributed by atoms with Gasteiger partial charge in [0.15, 0.2) is 0 Å². The van der Waals surface area contributed by atoms with Gasteiger partial charge in [-0.1, -0.05) is 12.1 Å². The summed E-state index contributed by atoms with van der Waals surface area (Å²) in [6.07, 6.45) is 2.98. The van der Waals surface area contributed by atoms with Crippen LogP contribution in [-0.4, -0.2) is 33.9 Å². The van der Waals surface area contributed by atoms with Crippen molar-refractivity contribution in [1.29, 1.82) is 0 Å². The number of aromatic nitrogens is 2. The number of aromatic amines is 1. The zero-order chi connectivity index (χ0) is 14.8. The third-order valence-corrected chi connectivity index (χ3v) is 3.89. The molecule has 1 aliphatic heterocycles. The van der Waals surface area contributed by atoms with E-state index in [-0.39, 0.29) is 24.1 Å². The number of imidazole rings is 1. The number of carbonyl (C=O) groups excluding carboxylic acids is 1. The van der Waals surface area contributed by atoms with Crippen LogP contribution in [0, 0.1) is 12.7 Å². The fourth-order valence-corrected chi connectivity index (χ4v) is 2.78. The van der Waals surface area contributed by atoms with Crippen molar-refractivity contribution < 1.29 is 9.18 Å². The molecule has 21 heavy (non-hydrogen) atoms. The van der Waals surface area contributed by atoms with Crippen molar-refractivity contribution in [3.8, 4) is 0 Å². The summed E-state index contributed by atoms with van der Waals surface area (Å²) in [7, 11) is 0. The van der Waals surface area contributed by atoms with Gasteiger partial charge in [-0.25, -0.2) is 9.37 Å². The minimum absolute atomic E-state index is 0.0476. The molecule has 5 heteroatoms. The minimum atomic E-state index is -0.300. The minimum Gasteiger partial charge on any atom is -0.346 e. The maximum absolute atomic E-state index is 13.1. The van der Waals surface area contributed by atoms with E-state index in [2.05, 4.69) is 9.97 Å². The molecule has 0 radical (unpaired) electrons. The lowest BCUT2D eigenvalue weighted by atomic mass is 10.1. The first-order valence-corrected chi connectivity index (χ1v) is 7.15. The summed E-state index contributed by atoms with van der Waals surface area (Å²) in [6, 6.07) is 6.22. The van der Waals surface area contributed by atoms with E-state index in [0.29, 0.717) is 6.54 Å². The average molecular weight is 287 g/mol. The molecule has 1 aromatic carbocycles. The topological polar surface area (TPSA) is 49.0 Å². The van der Waals surface area contributed by atoms with E-state index in [0.717, 1.165) is 30.0 Å². The molecule has 1 saturated heterocycles. The lowest BCUT2D eigenvalue weighted by molar-refractivity contribution is -0.129. The van der Waals surface area contributed by atoms with Gasteiger partial charge in [0, 0.05) is 30.9 Å². The van der Waals surface area contributed by atoms with Gasteiger partial charge in [-0.05, 0) is 31.0 Å². The van der Waals surface area contributed by atoms with E-state index in [1.54, 1.807) is 12.1 Å². The van der Waals surface area contributed by atoms with E-state index < -0.39 is 0 Å². The maximum atomic E-state index is 13.1. The quantitative estimate of drug-likeness (QED) is 0.942. The number of H-pyrrole nitrogens is 1. The van der Waals surface area contributed by atoms with Crippen molar-refractivity contribution in [2.75, 3.05) is 13.1 Å². The molecule has 2 aromatic rings. The highest BCUT2D eigenvalue weighted by atomic mass is 19.1. The van der Waals surface area contributed by atoms with Gasteiger partial charge in [0.2, 0.25) is 5.91 Å². The van der Waals surface area contributed by atoms with Crippen LogP contribution in [0.1, 0.15) is 29.4 Å². The lowest BCUT2D eigenvalue weighted by Crippen LogP contribution is -2.30. The molecular formula is C16H18FN3O. The third-order valence-electron chi connectivity index (χ3n) is 3.89. The highest BCUT2D eigenvalue weighted by molar-refractivity contribution is 5.79. The number of amides is 1. The summed E-state index contributed by atoms with van der Waals surface area (Å²) in [6.45, 7) is 3.39. The fraction of sp³-hybridized carbons (Fsp3) is 0.375. The molecule has 0 unspecified atom stereocenters. The van der Waals surface area contributed by atoms with E-state index in [1.807, 2.05) is 18.0 Å². The van der Waals surface area contributed by atoms with Crippen LogP contribution in [0.5, 0.6) is 0 Å². The first-order valence-electron chi connectivity index (χ1n) is 7.15. The summed E-state index contributed by atoms with van der Waals surface area (Å²) in [5, 5.41) is 0. The molecular weight excluding hydrogens is 269 g/mol. The summed E-state index contributed by atoms with van der Waals surface area (Å²) < 4.78 is 13.1. The molecule has 0 saturated carbocycles. The van der Waals surface area contributed by atoms with E-state index >= 15 is 0 Å². The van der Waals surface area contributed by atoms with Gasteiger partial charge in [0.05, 0.1) is 6.42 Å². The first kappa shape index (κ1) is 13.8. The molecule has 4 nitrogen and oxygen atoms in total. The van der Waals surface area contributed by atoms with Crippen molar-refractivity contribution >= 4 is 5.91 Å². The molecule has 1 aliphatic rings. The zero-order valence-electron chi connectivity index (χ0n) is 12.0. The number of aryl methyl sites for hydroxylation is 1. The molecule has 1 amide bonds. The molecule has 0 aliphatic carbocycles. The van der Waals surface area contributed by atoms with Gasteiger partial charge in [-0.15, -0.1) is 0 Å². The number of nitrogens with one attached hydrogen (secondary N) is 1. The lowest BCUT2D eigenvalue weighted by Gasteiger charge is -2.16. The monoisotopic (exact) mass is 287 g/mol. The standard InChI is InChI=1S/C16H18FN3O/c1-11-9-18-16(19-11)13-5-6-20(10-13)15(21)8-12-3-2-4-14(17)7-12/h2-4,7,9,13H,5-6,8,10H2,1H3,(H,18,19)/t13-/m1/s1. The second-order valence-corrected chi connectivity index (χ2v) is 5.58. The number of hydrogen-bond donors (Lipinski definition) is 1. The van der Waals surface area contributed by atoms with Gasteiger partial charge in [-0.2, -0.15) is 0 Å². The molecule has 3 rings (SSSR count). The Morgan fingerprint density at radius 2 is 2.38 bits per heavy atom. The number of hydrogen-bond acceptors (Lipinski definition) is 2. The molecule has 2 heterocycles.